The number of nitrogens with two attached hydrogens (primary N) is 1. The van der Waals surface area contributed by atoms with Gasteiger partial charge in [-0.2, -0.15) is 0 Å². The molecule has 0 aliphatic carbocycles. The Morgan fingerprint density at radius 3 is 2.24 bits per heavy atom. The van der Waals surface area contributed by atoms with E-state index in [1.165, 1.54) is 0 Å². The third-order valence-corrected chi connectivity index (χ3v) is 4.73. The van der Waals surface area contributed by atoms with Crippen molar-refractivity contribution in [3.05, 3.63) is 47.1 Å². The number of carbonyl (C=O) groups is 1. The van der Waals surface area contributed by atoms with Gasteiger partial charge < -0.3 is 15.8 Å². The molecule has 0 atom stereocenters. The number of hydrogen-bond acceptors (Lipinski definition) is 3. The zero-order chi connectivity index (χ0) is 15.4. The van der Waals surface area contributed by atoms with Crippen LogP contribution >= 0.6 is 67.8 Å². The number of amides is 1. The minimum atomic E-state index is -0.204. The predicted molar refractivity (Wildman–Crippen MR) is 110 cm³/mol. The molecule has 0 aliphatic heterocycles. The van der Waals surface area contributed by atoms with Crippen molar-refractivity contribution in [1.29, 1.82) is 0 Å². The number of rotatable bonds is 4. The molecule has 0 aliphatic rings. The molecule has 3 N–H and O–H groups in total. The maximum absolute atomic E-state index is 11.9. The molecular formula is C14H11I3N2O2. The van der Waals surface area contributed by atoms with Crippen molar-refractivity contribution in [2.75, 3.05) is 17.7 Å². The summed E-state index contributed by atoms with van der Waals surface area (Å²) in [6.07, 6.45) is 0. The Morgan fingerprint density at radius 1 is 1.10 bits per heavy atom. The van der Waals surface area contributed by atoms with Crippen LogP contribution in [-0.4, -0.2) is 12.5 Å². The Balaban J connectivity index is 1.97. The Bertz CT molecular complexity index is 637. The first kappa shape index (κ1) is 17.1. The summed E-state index contributed by atoms with van der Waals surface area (Å²) in [4.78, 5) is 11.9. The highest BCUT2D eigenvalue weighted by atomic mass is 127. The molecule has 2 aromatic carbocycles. The Labute approximate surface area is 163 Å². The summed E-state index contributed by atoms with van der Waals surface area (Å²) in [6, 6.07) is 11.0. The number of benzene rings is 2. The summed E-state index contributed by atoms with van der Waals surface area (Å²) >= 11 is 6.66. The number of halogens is 3. The molecule has 0 heterocycles. The summed E-state index contributed by atoms with van der Waals surface area (Å²) in [5, 5.41) is 2.76. The monoisotopic (exact) mass is 620 g/mol. The molecule has 21 heavy (non-hydrogen) atoms. The zero-order valence-corrected chi connectivity index (χ0v) is 17.2. The van der Waals surface area contributed by atoms with Crippen LogP contribution in [0.5, 0.6) is 5.75 Å². The minimum absolute atomic E-state index is 0.0308. The van der Waals surface area contributed by atoms with Gasteiger partial charge >= 0.3 is 0 Å². The number of anilines is 2. The van der Waals surface area contributed by atoms with Gasteiger partial charge in [-0.1, -0.05) is 0 Å². The second-order valence-electron chi connectivity index (χ2n) is 4.16. The largest absolute Gasteiger partial charge is 0.482 e. The van der Waals surface area contributed by atoms with Gasteiger partial charge in [-0.05, 0) is 104 Å². The van der Waals surface area contributed by atoms with E-state index in [2.05, 4.69) is 73.1 Å². The van der Waals surface area contributed by atoms with Crippen LogP contribution in [0.4, 0.5) is 11.4 Å². The van der Waals surface area contributed by atoms with E-state index >= 15 is 0 Å². The average molecular weight is 620 g/mol. The number of nitrogen functional groups attached to an aromatic ring is 1. The van der Waals surface area contributed by atoms with Crippen LogP contribution in [0.3, 0.4) is 0 Å². The van der Waals surface area contributed by atoms with Crippen LogP contribution in [0.25, 0.3) is 0 Å². The summed E-state index contributed by atoms with van der Waals surface area (Å²) in [7, 11) is 0. The van der Waals surface area contributed by atoms with Gasteiger partial charge in [0.1, 0.15) is 5.75 Å². The van der Waals surface area contributed by atoms with Crippen LogP contribution in [-0.2, 0) is 4.79 Å². The maximum Gasteiger partial charge on any atom is 0.262 e. The number of carbonyl (C=O) groups excluding carboxylic acids is 1. The fraction of sp³-hybridized carbons (Fsp3) is 0.0714. The van der Waals surface area contributed by atoms with Crippen LogP contribution in [0.15, 0.2) is 36.4 Å². The standard InChI is InChI=1S/C14H11I3N2O2/c15-8-5-11(16)14(12(17)6-8)21-7-13(20)19-10-3-1-9(18)2-4-10/h1-6H,7,18H2,(H,19,20). The van der Waals surface area contributed by atoms with Crippen LogP contribution in [0.2, 0.25) is 0 Å². The van der Waals surface area contributed by atoms with Crippen LogP contribution in [0.1, 0.15) is 0 Å². The van der Waals surface area contributed by atoms with E-state index in [9.17, 15) is 4.79 Å². The third-order valence-electron chi connectivity index (χ3n) is 2.51. The topological polar surface area (TPSA) is 64.3 Å². The molecule has 4 nitrogen and oxygen atoms in total. The first-order valence-electron chi connectivity index (χ1n) is 5.88. The first-order valence-corrected chi connectivity index (χ1v) is 9.12. The second-order valence-corrected chi connectivity index (χ2v) is 7.73. The van der Waals surface area contributed by atoms with Crippen molar-refractivity contribution in [3.8, 4) is 5.75 Å². The lowest BCUT2D eigenvalue weighted by atomic mass is 10.3. The van der Waals surface area contributed by atoms with Crippen molar-refractivity contribution in [1.82, 2.24) is 0 Å². The predicted octanol–water partition coefficient (Wildman–Crippen LogP) is 4.10. The first-order chi connectivity index (χ1) is 9.95. The normalized spacial score (nSPS) is 10.2. The Hall–Kier alpha value is -0.300. The van der Waals surface area contributed by atoms with Gasteiger partial charge in [0.25, 0.3) is 5.91 Å². The molecular weight excluding hydrogens is 609 g/mol. The van der Waals surface area contributed by atoms with Crippen molar-refractivity contribution < 1.29 is 9.53 Å². The molecule has 0 bridgehead atoms. The van der Waals surface area contributed by atoms with E-state index in [0.29, 0.717) is 11.4 Å². The zero-order valence-electron chi connectivity index (χ0n) is 10.7. The van der Waals surface area contributed by atoms with E-state index in [0.717, 1.165) is 16.5 Å². The van der Waals surface area contributed by atoms with Crippen molar-refractivity contribution >= 4 is 85.1 Å². The highest BCUT2D eigenvalue weighted by Crippen LogP contribution is 2.29. The molecule has 0 aromatic heterocycles. The van der Waals surface area contributed by atoms with E-state index in [1.54, 1.807) is 24.3 Å². The lowest BCUT2D eigenvalue weighted by Crippen LogP contribution is -2.20. The van der Waals surface area contributed by atoms with Gasteiger partial charge in [0, 0.05) is 14.9 Å². The molecule has 1 amide bonds. The number of hydrogen-bond donors (Lipinski definition) is 2. The van der Waals surface area contributed by atoms with E-state index in [4.69, 9.17) is 10.5 Å². The molecule has 0 spiro atoms. The van der Waals surface area contributed by atoms with Crippen molar-refractivity contribution in [2.24, 2.45) is 0 Å². The molecule has 7 heteroatoms. The summed E-state index contributed by atoms with van der Waals surface area (Å²) in [5.74, 6) is 0.536. The van der Waals surface area contributed by atoms with Gasteiger partial charge in [-0.25, -0.2) is 0 Å². The fourth-order valence-electron chi connectivity index (χ4n) is 1.57. The molecule has 0 saturated heterocycles. The summed E-state index contributed by atoms with van der Waals surface area (Å²) in [6.45, 7) is -0.0308. The number of nitrogens with one attached hydrogen (secondary N) is 1. The van der Waals surface area contributed by atoms with Crippen LogP contribution < -0.4 is 15.8 Å². The van der Waals surface area contributed by atoms with E-state index in [-0.39, 0.29) is 12.5 Å². The van der Waals surface area contributed by atoms with Crippen molar-refractivity contribution in [2.45, 2.75) is 0 Å². The van der Waals surface area contributed by atoms with E-state index in [1.807, 2.05) is 12.1 Å². The molecule has 0 radical (unpaired) electrons. The van der Waals surface area contributed by atoms with Gasteiger partial charge in [0.15, 0.2) is 6.61 Å². The molecule has 110 valence electrons. The average Bonchev–Trinajstić information content (AvgIpc) is 2.40. The van der Waals surface area contributed by atoms with Crippen molar-refractivity contribution in [3.63, 3.8) is 0 Å². The lowest BCUT2D eigenvalue weighted by Gasteiger charge is -2.11. The smallest absolute Gasteiger partial charge is 0.262 e. The molecule has 0 unspecified atom stereocenters. The molecule has 0 fully saturated rings. The van der Waals surface area contributed by atoms with E-state index < -0.39 is 0 Å². The Kier molecular flexibility index (Phi) is 6.34. The number of ether oxygens (including phenoxy) is 1. The third kappa shape index (κ3) is 5.13. The van der Waals surface area contributed by atoms with Gasteiger partial charge in [0.05, 0.1) is 7.14 Å². The van der Waals surface area contributed by atoms with Gasteiger partial charge in [0.2, 0.25) is 0 Å². The fourth-order valence-corrected chi connectivity index (χ4v) is 5.46. The maximum atomic E-state index is 11.9. The highest BCUT2D eigenvalue weighted by Gasteiger charge is 2.10. The summed E-state index contributed by atoms with van der Waals surface area (Å²) in [5.41, 5.74) is 6.96. The Morgan fingerprint density at radius 2 is 1.67 bits per heavy atom. The minimum Gasteiger partial charge on any atom is -0.482 e. The summed E-state index contributed by atoms with van der Waals surface area (Å²) < 4.78 is 8.74. The van der Waals surface area contributed by atoms with Gasteiger partial charge in [-0.3, -0.25) is 4.79 Å². The molecule has 2 aromatic rings. The van der Waals surface area contributed by atoms with Gasteiger partial charge in [-0.15, -0.1) is 0 Å². The highest BCUT2D eigenvalue weighted by molar-refractivity contribution is 14.1. The quantitative estimate of drug-likeness (QED) is 0.400. The molecule has 2 rings (SSSR count). The van der Waals surface area contributed by atoms with Crippen LogP contribution in [0, 0.1) is 10.7 Å². The lowest BCUT2D eigenvalue weighted by molar-refractivity contribution is -0.118. The molecule has 0 saturated carbocycles. The second kappa shape index (κ2) is 7.81. The SMILES string of the molecule is Nc1ccc(NC(=O)COc2c(I)cc(I)cc2I)cc1.